The van der Waals surface area contributed by atoms with Crippen molar-refractivity contribution in [2.75, 3.05) is 18.5 Å². The van der Waals surface area contributed by atoms with Gasteiger partial charge in [0.1, 0.15) is 5.69 Å². The second-order valence-corrected chi connectivity index (χ2v) is 4.32. The van der Waals surface area contributed by atoms with E-state index in [2.05, 4.69) is 10.3 Å². The summed E-state index contributed by atoms with van der Waals surface area (Å²) in [6, 6.07) is 3.23. The van der Waals surface area contributed by atoms with E-state index in [1.54, 1.807) is 13.8 Å². The number of fused-ring (bicyclic) bond motifs is 1. The Bertz CT molecular complexity index is 655. The highest BCUT2D eigenvalue weighted by Crippen LogP contribution is 2.35. The quantitative estimate of drug-likeness (QED) is 0.859. The van der Waals surface area contributed by atoms with Crippen molar-refractivity contribution in [3.8, 4) is 5.75 Å². The lowest BCUT2D eigenvalue weighted by molar-refractivity contribution is -0.140. The summed E-state index contributed by atoms with van der Waals surface area (Å²) in [4.78, 5) is 3.49. The van der Waals surface area contributed by atoms with Gasteiger partial charge in [0.05, 0.1) is 12.1 Å². The minimum absolute atomic E-state index is 0.00860. The van der Waals surface area contributed by atoms with Gasteiger partial charge in [-0.05, 0) is 26.0 Å². The minimum Gasteiger partial charge on any atom is -0.491 e. The molecule has 114 valence electrons. The summed E-state index contributed by atoms with van der Waals surface area (Å²) >= 11 is 0. The molecule has 3 nitrogen and oxygen atoms in total. The zero-order valence-corrected chi connectivity index (χ0v) is 11.5. The van der Waals surface area contributed by atoms with Crippen LogP contribution in [0.4, 0.5) is 23.2 Å². The second-order valence-electron chi connectivity index (χ2n) is 4.32. The van der Waals surface area contributed by atoms with Crippen LogP contribution < -0.4 is 10.1 Å². The zero-order valence-electron chi connectivity index (χ0n) is 11.5. The first-order valence-corrected chi connectivity index (χ1v) is 6.45. The molecule has 0 fully saturated rings. The number of rotatable bonds is 4. The summed E-state index contributed by atoms with van der Waals surface area (Å²) in [6.45, 7) is 4.14. The molecule has 0 saturated heterocycles. The number of hydrogen-bond donors (Lipinski definition) is 1. The number of aromatic nitrogens is 1. The van der Waals surface area contributed by atoms with Crippen LogP contribution in [0.15, 0.2) is 18.2 Å². The first kappa shape index (κ1) is 15.3. The molecule has 1 N–H and O–H groups in total. The highest BCUT2D eigenvalue weighted by atomic mass is 19.4. The van der Waals surface area contributed by atoms with Gasteiger partial charge in [0.15, 0.2) is 11.6 Å². The van der Waals surface area contributed by atoms with E-state index in [9.17, 15) is 17.6 Å². The lowest BCUT2D eigenvalue weighted by atomic mass is 10.1. The van der Waals surface area contributed by atoms with Crippen molar-refractivity contribution in [3.63, 3.8) is 0 Å². The molecule has 2 aromatic rings. The number of nitrogens with zero attached hydrogens (tertiary/aromatic N) is 1. The van der Waals surface area contributed by atoms with Crippen molar-refractivity contribution in [3.05, 3.63) is 29.7 Å². The van der Waals surface area contributed by atoms with Crippen molar-refractivity contribution in [2.24, 2.45) is 0 Å². The number of hydrogen-bond acceptors (Lipinski definition) is 3. The van der Waals surface area contributed by atoms with E-state index in [0.29, 0.717) is 11.9 Å². The van der Waals surface area contributed by atoms with Crippen LogP contribution in [0, 0.1) is 5.82 Å². The van der Waals surface area contributed by atoms with Crippen molar-refractivity contribution in [1.82, 2.24) is 4.98 Å². The van der Waals surface area contributed by atoms with Crippen molar-refractivity contribution in [1.29, 1.82) is 0 Å². The van der Waals surface area contributed by atoms with Gasteiger partial charge in [-0.3, -0.25) is 0 Å². The SMILES string of the molecule is CCNc1cc(C(F)(F)F)nc2cc(F)c(OCC)cc12. The number of alkyl halides is 3. The highest BCUT2D eigenvalue weighted by molar-refractivity contribution is 5.92. The third-order valence-corrected chi connectivity index (χ3v) is 2.82. The fraction of sp³-hybridized carbons (Fsp3) is 0.357. The van der Waals surface area contributed by atoms with Crippen LogP contribution in [0.3, 0.4) is 0 Å². The van der Waals surface area contributed by atoms with E-state index in [-0.39, 0.29) is 23.6 Å². The fourth-order valence-electron chi connectivity index (χ4n) is 1.98. The zero-order chi connectivity index (χ0) is 15.6. The van der Waals surface area contributed by atoms with E-state index in [1.165, 1.54) is 6.07 Å². The maximum absolute atomic E-state index is 13.8. The predicted molar refractivity (Wildman–Crippen MR) is 72.0 cm³/mol. The maximum Gasteiger partial charge on any atom is 0.433 e. The first-order chi connectivity index (χ1) is 9.86. The fourth-order valence-corrected chi connectivity index (χ4v) is 1.98. The largest absolute Gasteiger partial charge is 0.491 e. The molecule has 0 aliphatic heterocycles. The van der Waals surface area contributed by atoms with Gasteiger partial charge < -0.3 is 10.1 Å². The molecule has 21 heavy (non-hydrogen) atoms. The van der Waals surface area contributed by atoms with Gasteiger partial charge in [-0.25, -0.2) is 9.37 Å². The predicted octanol–water partition coefficient (Wildman–Crippen LogP) is 4.22. The lowest BCUT2D eigenvalue weighted by Crippen LogP contribution is -2.10. The molecule has 0 amide bonds. The highest BCUT2D eigenvalue weighted by Gasteiger charge is 2.33. The monoisotopic (exact) mass is 302 g/mol. The number of halogens is 4. The Kier molecular flexibility index (Phi) is 4.20. The van der Waals surface area contributed by atoms with Crippen LogP contribution in [0.5, 0.6) is 5.75 Å². The molecule has 7 heteroatoms. The molecule has 1 heterocycles. The van der Waals surface area contributed by atoms with Crippen LogP contribution >= 0.6 is 0 Å². The molecule has 0 unspecified atom stereocenters. The standard InChI is InChI=1S/C14H14F4N2O/c1-3-19-10-7-13(14(16,17)18)20-11-6-9(15)12(21-4-2)5-8(10)11/h5-7H,3-4H2,1-2H3,(H,19,20). The van der Waals surface area contributed by atoms with Gasteiger partial charge in [-0.15, -0.1) is 0 Å². The maximum atomic E-state index is 13.8. The summed E-state index contributed by atoms with van der Waals surface area (Å²) in [5.74, 6) is -0.746. The van der Waals surface area contributed by atoms with Gasteiger partial charge in [0, 0.05) is 23.7 Å². The van der Waals surface area contributed by atoms with Crippen LogP contribution in [0.2, 0.25) is 0 Å². The van der Waals surface area contributed by atoms with Crippen LogP contribution in [-0.4, -0.2) is 18.1 Å². The van der Waals surface area contributed by atoms with Gasteiger partial charge in [0.2, 0.25) is 0 Å². The number of pyridine rings is 1. The molecule has 1 aromatic heterocycles. The van der Waals surface area contributed by atoms with Crippen LogP contribution in [-0.2, 0) is 6.18 Å². The molecule has 0 atom stereocenters. The molecule has 2 rings (SSSR count). The van der Waals surface area contributed by atoms with E-state index in [4.69, 9.17) is 4.74 Å². The van der Waals surface area contributed by atoms with Gasteiger partial charge >= 0.3 is 6.18 Å². The smallest absolute Gasteiger partial charge is 0.433 e. The van der Waals surface area contributed by atoms with Crippen LogP contribution in [0.1, 0.15) is 19.5 Å². The third kappa shape index (κ3) is 3.17. The average Bonchev–Trinajstić information content (AvgIpc) is 2.39. The van der Waals surface area contributed by atoms with Crippen molar-refractivity contribution in [2.45, 2.75) is 20.0 Å². The summed E-state index contributed by atoms with van der Waals surface area (Å²) < 4.78 is 57.4. The van der Waals surface area contributed by atoms with Gasteiger partial charge in [0.25, 0.3) is 0 Å². The Morgan fingerprint density at radius 1 is 1.19 bits per heavy atom. The summed E-state index contributed by atoms with van der Waals surface area (Å²) in [7, 11) is 0. The Hall–Kier alpha value is -2.05. The third-order valence-electron chi connectivity index (χ3n) is 2.82. The molecule has 0 aliphatic rings. The van der Waals surface area contributed by atoms with Crippen molar-refractivity contribution >= 4 is 16.6 Å². The van der Waals surface area contributed by atoms with E-state index in [1.807, 2.05) is 0 Å². The van der Waals surface area contributed by atoms with Gasteiger partial charge in [-0.1, -0.05) is 0 Å². The number of benzene rings is 1. The van der Waals surface area contributed by atoms with E-state index < -0.39 is 17.7 Å². The minimum atomic E-state index is -4.59. The summed E-state index contributed by atoms with van der Waals surface area (Å²) in [5, 5.41) is 3.22. The summed E-state index contributed by atoms with van der Waals surface area (Å²) in [5.41, 5.74) is -0.882. The molecule has 1 aromatic carbocycles. The topological polar surface area (TPSA) is 34.2 Å². The van der Waals surface area contributed by atoms with Gasteiger partial charge in [-0.2, -0.15) is 13.2 Å². The molecular formula is C14H14F4N2O. The number of nitrogens with one attached hydrogen (secondary N) is 1. The molecule has 0 bridgehead atoms. The van der Waals surface area contributed by atoms with E-state index >= 15 is 0 Å². The Balaban J connectivity index is 2.69. The average molecular weight is 302 g/mol. The number of anilines is 1. The Morgan fingerprint density at radius 3 is 2.48 bits per heavy atom. The molecule has 0 radical (unpaired) electrons. The molecular weight excluding hydrogens is 288 g/mol. The lowest BCUT2D eigenvalue weighted by Gasteiger charge is -2.14. The summed E-state index contributed by atoms with van der Waals surface area (Å²) in [6.07, 6.45) is -4.59. The van der Waals surface area contributed by atoms with Crippen LogP contribution in [0.25, 0.3) is 10.9 Å². The molecule has 0 aliphatic carbocycles. The molecule has 0 saturated carbocycles. The Morgan fingerprint density at radius 2 is 1.90 bits per heavy atom. The van der Waals surface area contributed by atoms with E-state index in [0.717, 1.165) is 12.1 Å². The normalized spacial score (nSPS) is 11.7. The van der Waals surface area contributed by atoms with Crippen molar-refractivity contribution < 1.29 is 22.3 Å². The first-order valence-electron chi connectivity index (χ1n) is 6.45. The number of ether oxygens (including phenoxy) is 1. The second kappa shape index (κ2) is 5.75. The molecule has 0 spiro atoms. The Labute approximate surface area is 118 Å².